The van der Waals surface area contributed by atoms with Gasteiger partial charge in [-0.25, -0.2) is 0 Å². The fourth-order valence-corrected chi connectivity index (χ4v) is 2.76. The highest BCUT2D eigenvalue weighted by atomic mass is 32.1. The Morgan fingerprint density at radius 3 is 2.25 bits per heavy atom. The Hall–Kier alpha value is -3.33. The summed E-state index contributed by atoms with van der Waals surface area (Å²) in [6.45, 7) is 5.07. The zero-order valence-corrected chi connectivity index (χ0v) is 16.3. The molecule has 0 aliphatic rings. The minimum Gasteiger partial charge on any atom is -0.339 e. The fourth-order valence-electron chi connectivity index (χ4n) is 2.55. The molecule has 2 amide bonds. The molecule has 2 rings (SSSR count). The Kier molecular flexibility index (Phi) is 7.16. The maximum Gasteiger partial charge on any atom is 0.282 e. The van der Waals surface area contributed by atoms with Crippen molar-refractivity contribution < 1.29 is 14.5 Å². The van der Waals surface area contributed by atoms with Crippen molar-refractivity contribution in [3.05, 3.63) is 69.8 Å². The first-order chi connectivity index (χ1) is 13.4. The van der Waals surface area contributed by atoms with E-state index in [1.54, 1.807) is 29.2 Å². The number of carbonyl (C=O) groups excluding carboxylic acids is 2. The van der Waals surface area contributed by atoms with Crippen LogP contribution in [0.4, 0.5) is 11.4 Å². The lowest BCUT2D eigenvalue weighted by molar-refractivity contribution is -0.385. The van der Waals surface area contributed by atoms with Gasteiger partial charge >= 0.3 is 0 Å². The van der Waals surface area contributed by atoms with Gasteiger partial charge in [0.05, 0.1) is 4.92 Å². The second-order valence-electron chi connectivity index (χ2n) is 5.74. The van der Waals surface area contributed by atoms with E-state index in [0.717, 1.165) is 0 Å². The molecule has 0 aliphatic carbocycles. The fraction of sp³-hybridized carbons (Fsp3) is 0.211. The summed E-state index contributed by atoms with van der Waals surface area (Å²) in [5.41, 5.74) is 0.729. The lowest BCUT2D eigenvalue weighted by Crippen LogP contribution is -2.34. The third-order valence-electron chi connectivity index (χ3n) is 4.01. The Morgan fingerprint density at radius 1 is 1.07 bits per heavy atom. The van der Waals surface area contributed by atoms with Crippen LogP contribution in [0.5, 0.6) is 0 Å². The van der Waals surface area contributed by atoms with Gasteiger partial charge in [-0.15, -0.1) is 0 Å². The molecule has 0 bridgehead atoms. The van der Waals surface area contributed by atoms with E-state index < -0.39 is 10.8 Å². The van der Waals surface area contributed by atoms with Gasteiger partial charge in [0.15, 0.2) is 5.11 Å². The Bertz CT molecular complexity index is 895. The normalized spacial score (nSPS) is 10.1. The molecule has 28 heavy (non-hydrogen) atoms. The number of nitro benzene ring substituents is 1. The molecular formula is C19H20N4O4S. The third-order valence-corrected chi connectivity index (χ3v) is 4.22. The molecular weight excluding hydrogens is 380 g/mol. The number of carbonyl (C=O) groups is 2. The number of thiocarbonyl (C=S) groups is 1. The van der Waals surface area contributed by atoms with Gasteiger partial charge in [0.2, 0.25) is 0 Å². The predicted molar refractivity (Wildman–Crippen MR) is 110 cm³/mol. The number of benzene rings is 2. The molecule has 8 nitrogen and oxygen atoms in total. The van der Waals surface area contributed by atoms with Crippen molar-refractivity contribution in [2.75, 3.05) is 18.4 Å². The molecule has 9 heteroatoms. The molecule has 0 unspecified atom stereocenters. The second-order valence-corrected chi connectivity index (χ2v) is 6.15. The molecule has 0 saturated carbocycles. The number of anilines is 1. The van der Waals surface area contributed by atoms with Crippen LogP contribution in [-0.2, 0) is 0 Å². The number of amides is 2. The quantitative estimate of drug-likeness (QED) is 0.438. The highest BCUT2D eigenvalue weighted by Gasteiger charge is 2.20. The topological polar surface area (TPSA) is 105 Å². The number of hydrogen-bond donors (Lipinski definition) is 2. The van der Waals surface area contributed by atoms with Gasteiger partial charge in [0.1, 0.15) is 5.56 Å². The number of rotatable bonds is 6. The van der Waals surface area contributed by atoms with E-state index in [0.29, 0.717) is 24.3 Å². The van der Waals surface area contributed by atoms with Gasteiger partial charge < -0.3 is 10.2 Å². The van der Waals surface area contributed by atoms with Crippen LogP contribution in [0.25, 0.3) is 0 Å². The van der Waals surface area contributed by atoms with Crippen molar-refractivity contribution in [1.29, 1.82) is 0 Å². The maximum absolute atomic E-state index is 12.3. The highest BCUT2D eigenvalue weighted by molar-refractivity contribution is 7.80. The lowest BCUT2D eigenvalue weighted by atomic mass is 10.1. The SMILES string of the molecule is CCN(CC)C(=O)c1ccc(NC(=S)NC(=O)c2ccccc2[N+](=O)[O-])cc1. The van der Waals surface area contributed by atoms with Crippen molar-refractivity contribution in [2.45, 2.75) is 13.8 Å². The smallest absolute Gasteiger partial charge is 0.282 e. The standard InChI is InChI=1S/C19H20N4O4S/c1-3-22(4-2)18(25)13-9-11-14(12-10-13)20-19(28)21-17(24)15-7-5-6-8-16(15)23(26)27/h5-12H,3-4H2,1-2H3,(H2,20,21,24,28). The Balaban J connectivity index is 2.03. The average Bonchev–Trinajstić information content (AvgIpc) is 2.69. The van der Waals surface area contributed by atoms with Gasteiger partial charge in [-0.3, -0.25) is 25.0 Å². The minimum atomic E-state index is -0.682. The Morgan fingerprint density at radius 2 is 1.68 bits per heavy atom. The molecule has 0 atom stereocenters. The zero-order chi connectivity index (χ0) is 20.7. The van der Waals surface area contributed by atoms with Crippen LogP contribution in [0.2, 0.25) is 0 Å². The summed E-state index contributed by atoms with van der Waals surface area (Å²) < 4.78 is 0. The van der Waals surface area contributed by atoms with Crippen molar-refractivity contribution in [3.63, 3.8) is 0 Å². The minimum absolute atomic E-state index is 0.00836. The highest BCUT2D eigenvalue weighted by Crippen LogP contribution is 2.17. The van der Waals surface area contributed by atoms with E-state index in [1.807, 2.05) is 13.8 Å². The zero-order valence-electron chi connectivity index (χ0n) is 15.5. The van der Waals surface area contributed by atoms with Gasteiger partial charge in [-0.05, 0) is 56.4 Å². The maximum atomic E-state index is 12.3. The van der Waals surface area contributed by atoms with Crippen molar-refractivity contribution in [2.24, 2.45) is 0 Å². The molecule has 0 radical (unpaired) electrons. The summed E-state index contributed by atoms with van der Waals surface area (Å²) in [5, 5.41) is 16.3. The number of hydrogen-bond acceptors (Lipinski definition) is 5. The summed E-state index contributed by atoms with van der Waals surface area (Å²) in [5.74, 6) is -0.748. The summed E-state index contributed by atoms with van der Waals surface area (Å²) in [7, 11) is 0. The molecule has 0 spiro atoms. The summed E-state index contributed by atoms with van der Waals surface area (Å²) in [4.78, 5) is 36.7. The van der Waals surface area contributed by atoms with E-state index in [4.69, 9.17) is 12.2 Å². The Labute approximate surface area is 167 Å². The van der Waals surface area contributed by atoms with E-state index in [1.165, 1.54) is 24.3 Å². The number of nitro groups is 1. The van der Waals surface area contributed by atoms with E-state index in [9.17, 15) is 19.7 Å². The number of para-hydroxylation sites is 1. The van der Waals surface area contributed by atoms with Gasteiger partial charge in [0.25, 0.3) is 17.5 Å². The lowest BCUT2D eigenvalue weighted by Gasteiger charge is -2.18. The van der Waals surface area contributed by atoms with Crippen molar-refractivity contribution >= 4 is 40.5 Å². The first kappa shape index (κ1) is 21.0. The van der Waals surface area contributed by atoms with Crippen LogP contribution in [0.15, 0.2) is 48.5 Å². The molecule has 0 saturated heterocycles. The van der Waals surface area contributed by atoms with E-state index >= 15 is 0 Å². The first-order valence-electron chi connectivity index (χ1n) is 8.62. The van der Waals surface area contributed by atoms with Crippen LogP contribution < -0.4 is 10.6 Å². The van der Waals surface area contributed by atoms with Crippen molar-refractivity contribution in [1.82, 2.24) is 10.2 Å². The monoisotopic (exact) mass is 400 g/mol. The molecule has 0 heterocycles. The first-order valence-corrected chi connectivity index (χ1v) is 9.03. The second kappa shape index (κ2) is 9.56. The third kappa shape index (κ3) is 5.10. The van der Waals surface area contributed by atoms with Crippen LogP contribution in [0.3, 0.4) is 0 Å². The van der Waals surface area contributed by atoms with Crippen LogP contribution >= 0.6 is 12.2 Å². The van der Waals surface area contributed by atoms with Crippen LogP contribution in [-0.4, -0.2) is 39.8 Å². The van der Waals surface area contributed by atoms with Gasteiger partial charge in [0, 0.05) is 30.4 Å². The molecule has 2 aromatic rings. The largest absolute Gasteiger partial charge is 0.339 e. The van der Waals surface area contributed by atoms with E-state index in [2.05, 4.69) is 10.6 Å². The van der Waals surface area contributed by atoms with Crippen LogP contribution in [0.1, 0.15) is 34.6 Å². The summed E-state index contributed by atoms with van der Waals surface area (Å²) in [6.07, 6.45) is 0. The molecule has 2 N–H and O–H groups in total. The summed E-state index contributed by atoms with van der Waals surface area (Å²) >= 11 is 5.10. The number of nitrogens with zero attached hydrogens (tertiary/aromatic N) is 2. The van der Waals surface area contributed by atoms with Gasteiger partial charge in [-0.1, -0.05) is 12.1 Å². The van der Waals surface area contributed by atoms with Crippen LogP contribution in [0, 0.1) is 10.1 Å². The van der Waals surface area contributed by atoms with Gasteiger partial charge in [-0.2, -0.15) is 0 Å². The summed E-state index contributed by atoms with van der Waals surface area (Å²) in [6, 6.07) is 12.3. The molecule has 146 valence electrons. The molecule has 0 aliphatic heterocycles. The van der Waals surface area contributed by atoms with Crippen molar-refractivity contribution in [3.8, 4) is 0 Å². The number of nitrogens with one attached hydrogen (secondary N) is 2. The molecule has 0 fully saturated rings. The molecule has 2 aromatic carbocycles. The predicted octanol–water partition coefficient (Wildman–Crippen LogP) is 3.20. The van der Waals surface area contributed by atoms with E-state index in [-0.39, 0.29) is 22.3 Å². The molecule has 0 aromatic heterocycles. The average molecular weight is 400 g/mol.